The Bertz CT molecular complexity index is 926. The lowest BCUT2D eigenvalue weighted by Gasteiger charge is -2.07. The highest BCUT2D eigenvalue weighted by Gasteiger charge is 2.11. The Morgan fingerprint density at radius 1 is 1.35 bits per heavy atom. The molecule has 0 saturated heterocycles. The maximum Gasteiger partial charge on any atom is 0.313 e. The van der Waals surface area contributed by atoms with E-state index in [1.807, 2.05) is 0 Å². The molecule has 0 aliphatic rings. The number of furan rings is 1. The number of esters is 1. The van der Waals surface area contributed by atoms with E-state index in [0.717, 1.165) is 5.76 Å². The summed E-state index contributed by atoms with van der Waals surface area (Å²) in [5.41, 5.74) is 6.21. The first kappa shape index (κ1) is 14.8. The smallest absolute Gasteiger partial charge is 0.313 e. The lowest BCUT2D eigenvalue weighted by atomic mass is 10.1. The SMILES string of the molecule is Cc1ccc(CC(=O)OCc2cc(=O)[nH]c3nc(N)ccc23)o1. The molecule has 0 saturated carbocycles. The predicted octanol–water partition coefficient (Wildman–Crippen LogP) is 1.69. The maximum absolute atomic E-state index is 11.9. The number of carbonyl (C=O) groups is 1. The average Bonchev–Trinajstić information content (AvgIpc) is 2.89. The molecule has 0 amide bonds. The molecule has 3 N–H and O–H groups in total. The van der Waals surface area contributed by atoms with Gasteiger partial charge in [-0.3, -0.25) is 9.59 Å². The normalized spacial score (nSPS) is 10.8. The van der Waals surface area contributed by atoms with Crippen LogP contribution in [-0.2, 0) is 22.6 Å². The number of hydrogen-bond donors (Lipinski definition) is 2. The molecule has 0 aliphatic heterocycles. The Balaban J connectivity index is 1.76. The number of carbonyl (C=O) groups excluding carboxylic acids is 1. The van der Waals surface area contributed by atoms with Gasteiger partial charge in [0.15, 0.2) is 0 Å². The Kier molecular flexibility index (Phi) is 3.84. The van der Waals surface area contributed by atoms with Crippen LogP contribution in [0, 0.1) is 6.92 Å². The van der Waals surface area contributed by atoms with Gasteiger partial charge in [-0.1, -0.05) is 0 Å². The lowest BCUT2D eigenvalue weighted by Crippen LogP contribution is -2.12. The third-order valence-electron chi connectivity index (χ3n) is 3.31. The topological polar surface area (TPSA) is 111 Å². The van der Waals surface area contributed by atoms with E-state index in [0.29, 0.717) is 28.2 Å². The number of nitrogens with two attached hydrogens (primary N) is 1. The number of aryl methyl sites for hydroxylation is 1. The highest BCUT2D eigenvalue weighted by atomic mass is 16.5. The van der Waals surface area contributed by atoms with Gasteiger partial charge in [0, 0.05) is 17.0 Å². The van der Waals surface area contributed by atoms with Crippen molar-refractivity contribution in [2.75, 3.05) is 5.73 Å². The fourth-order valence-corrected chi connectivity index (χ4v) is 2.27. The second-order valence-corrected chi connectivity index (χ2v) is 5.14. The highest BCUT2D eigenvalue weighted by Crippen LogP contribution is 2.16. The minimum absolute atomic E-state index is 0.0233. The fraction of sp³-hybridized carbons (Fsp3) is 0.188. The second kappa shape index (κ2) is 5.96. The molecule has 118 valence electrons. The molecule has 7 nitrogen and oxygen atoms in total. The number of hydrogen-bond acceptors (Lipinski definition) is 6. The van der Waals surface area contributed by atoms with E-state index < -0.39 is 5.97 Å². The molecule has 0 fully saturated rings. The van der Waals surface area contributed by atoms with Crippen LogP contribution in [0.5, 0.6) is 0 Å². The summed E-state index contributed by atoms with van der Waals surface area (Å²) in [7, 11) is 0. The Labute approximate surface area is 131 Å². The van der Waals surface area contributed by atoms with Crippen molar-refractivity contribution in [1.82, 2.24) is 9.97 Å². The molecule has 0 radical (unpaired) electrons. The van der Waals surface area contributed by atoms with Crippen molar-refractivity contribution in [3.05, 3.63) is 57.8 Å². The van der Waals surface area contributed by atoms with E-state index >= 15 is 0 Å². The zero-order valence-electron chi connectivity index (χ0n) is 12.5. The summed E-state index contributed by atoms with van der Waals surface area (Å²) < 4.78 is 10.6. The summed E-state index contributed by atoms with van der Waals surface area (Å²) in [5.74, 6) is 1.14. The van der Waals surface area contributed by atoms with Crippen LogP contribution in [0.4, 0.5) is 5.82 Å². The van der Waals surface area contributed by atoms with E-state index in [1.165, 1.54) is 6.07 Å². The third kappa shape index (κ3) is 3.39. The van der Waals surface area contributed by atoms with Gasteiger partial charge in [0.2, 0.25) is 5.56 Å². The van der Waals surface area contributed by atoms with Gasteiger partial charge in [0.05, 0.1) is 0 Å². The molecule has 0 aliphatic carbocycles. The number of pyridine rings is 2. The molecular formula is C16H15N3O4. The number of anilines is 1. The minimum atomic E-state index is -0.434. The van der Waals surface area contributed by atoms with E-state index in [4.69, 9.17) is 14.9 Å². The third-order valence-corrected chi connectivity index (χ3v) is 3.31. The van der Waals surface area contributed by atoms with E-state index in [9.17, 15) is 9.59 Å². The number of fused-ring (bicyclic) bond motifs is 1. The lowest BCUT2D eigenvalue weighted by molar-refractivity contribution is -0.144. The summed E-state index contributed by atoms with van der Waals surface area (Å²) in [6.45, 7) is 1.78. The first-order valence-corrected chi connectivity index (χ1v) is 7.00. The predicted molar refractivity (Wildman–Crippen MR) is 83.7 cm³/mol. The number of ether oxygens (including phenoxy) is 1. The summed E-state index contributed by atoms with van der Waals surface area (Å²) in [4.78, 5) is 30.2. The Hall–Kier alpha value is -3.09. The Morgan fingerprint density at radius 2 is 2.17 bits per heavy atom. The number of aromatic nitrogens is 2. The van der Waals surface area contributed by atoms with Crippen molar-refractivity contribution < 1.29 is 13.9 Å². The van der Waals surface area contributed by atoms with Crippen LogP contribution in [0.25, 0.3) is 11.0 Å². The summed E-state index contributed by atoms with van der Waals surface area (Å²) in [6, 6.07) is 8.24. The van der Waals surface area contributed by atoms with Gasteiger partial charge >= 0.3 is 5.97 Å². The molecule has 3 aromatic rings. The standard InChI is InChI=1S/C16H15N3O4/c1-9-2-3-11(23-9)7-15(21)22-8-10-6-14(20)19-16-12(10)4-5-13(17)18-16/h2-6H,7-8H2,1H3,(H3,17,18,19,20). The largest absolute Gasteiger partial charge is 0.466 e. The molecule has 23 heavy (non-hydrogen) atoms. The van der Waals surface area contributed by atoms with Crippen LogP contribution >= 0.6 is 0 Å². The van der Waals surface area contributed by atoms with E-state index in [1.54, 1.807) is 31.2 Å². The van der Waals surface area contributed by atoms with Gasteiger partial charge < -0.3 is 19.9 Å². The number of aromatic amines is 1. The molecule has 3 aromatic heterocycles. The van der Waals surface area contributed by atoms with E-state index in [-0.39, 0.29) is 18.6 Å². The van der Waals surface area contributed by atoms with Crippen molar-refractivity contribution in [2.24, 2.45) is 0 Å². The van der Waals surface area contributed by atoms with Crippen LogP contribution in [0.3, 0.4) is 0 Å². The first-order chi connectivity index (χ1) is 11.0. The van der Waals surface area contributed by atoms with Crippen LogP contribution in [0.2, 0.25) is 0 Å². The molecule has 0 unspecified atom stereocenters. The van der Waals surface area contributed by atoms with Crippen molar-refractivity contribution in [3.8, 4) is 0 Å². The summed E-state index contributed by atoms with van der Waals surface area (Å²) in [5, 5.41) is 0.681. The van der Waals surface area contributed by atoms with Crippen LogP contribution < -0.4 is 11.3 Å². The van der Waals surface area contributed by atoms with Gasteiger partial charge in [0.1, 0.15) is 36.0 Å². The molecule has 0 spiro atoms. The van der Waals surface area contributed by atoms with Crippen LogP contribution in [-0.4, -0.2) is 15.9 Å². The number of nitrogens with one attached hydrogen (secondary N) is 1. The minimum Gasteiger partial charge on any atom is -0.466 e. The van der Waals surface area contributed by atoms with Gasteiger partial charge in [-0.15, -0.1) is 0 Å². The maximum atomic E-state index is 11.9. The first-order valence-electron chi connectivity index (χ1n) is 7.00. The van der Waals surface area contributed by atoms with Crippen molar-refractivity contribution >= 4 is 22.8 Å². The van der Waals surface area contributed by atoms with Crippen molar-refractivity contribution in [2.45, 2.75) is 20.0 Å². The molecule has 0 aromatic carbocycles. The van der Waals surface area contributed by atoms with Crippen LogP contribution in [0.1, 0.15) is 17.1 Å². The van der Waals surface area contributed by atoms with Gasteiger partial charge in [-0.05, 0) is 31.2 Å². The molecular weight excluding hydrogens is 298 g/mol. The number of rotatable bonds is 4. The van der Waals surface area contributed by atoms with Gasteiger partial charge in [-0.25, -0.2) is 4.98 Å². The molecule has 3 heterocycles. The van der Waals surface area contributed by atoms with E-state index in [2.05, 4.69) is 9.97 Å². The van der Waals surface area contributed by atoms with Gasteiger partial charge in [-0.2, -0.15) is 0 Å². The number of H-pyrrole nitrogens is 1. The second-order valence-electron chi connectivity index (χ2n) is 5.14. The highest BCUT2D eigenvalue weighted by molar-refractivity contribution is 5.80. The zero-order chi connectivity index (χ0) is 16.4. The van der Waals surface area contributed by atoms with Crippen molar-refractivity contribution in [3.63, 3.8) is 0 Å². The van der Waals surface area contributed by atoms with Crippen LogP contribution in [0.15, 0.2) is 39.5 Å². The molecule has 0 bridgehead atoms. The number of nitrogen functional groups attached to an aromatic ring is 1. The molecule has 0 atom stereocenters. The zero-order valence-corrected chi connectivity index (χ0v) is 12.5. The quantitative estimate of drug-likeness (QED) is 0.709. The molecule has 3 rings (SSSR count). The Morgan fingerprint density at radius 3 is 2.91 bits per heavy atom. The van der Waals surface area contributed by atoms with Crippen molar-refractivity contribution in [1.29, 1.82) is 0 Å². The summed E-state index contributed by atoms with van der Waals surface area (Å²) >= 11 is 0. The molecule has 7 heteroatoms. The average molecular weight is 313 g/mol. The monoisotopic (exact) mass is 313 g/mol. The fourth-order valence-electron chi connectivity index (χ4n) is 2.27. The number of nitrogens with zero attached hydrogens (tertiary/aromatic N) is 1. The summed E-state index contributed by atoms with van der Waals surface area (Å²) in [6.07, 6.45) is 0.0418. The van der Waals surface area contributed by atoms with Gasteiger partial charge in [0.25, 0.3) is 0 Å².